The smallest absolute Gasteiger partial charge is 0.387 e. The minimum atomic E-state index is -2.89. The molecule has 0 unspecified atom stereocenters. The Morgan fingerprint density at radius 1 is 1.04 bits per heavy atom. The molecule has 144 valence electrons. The quantitative estimate of drug-likeness (QED) is 0.676. The van der Waals surface area contributed by atoms with E-state index in [1.807, 2.05) is 13.8 Å². The SMILES string of the molecule is COc1cc(/C=C/C(=O)Nc2ccc(OC(F)F)cc2)ccc1OC(C)C. The van der Waals surface area contributed by atoms with Crippen LogP contribution in [-0.4, -0.2) is 25.7 Å². The molecule has 2 aromatic carbocycles. The molecule has 0 bridgehead atoms. The summed E-state index contributed by atoms with van der Waals surface area (Å²) in [4.78, 5) is 12.0. The zero-order chi connectivity index (χ0) is 19.8. The number of carbonyl (C=O) groups excluding carboxylic acids is 1. The summed E-state index contributed by atoms with van der Waals surface area (Å²) in [6.07, 6.45) is 3.01. The van der Waals surface area contributed by atoms with Crippen molar-refractivity contribution in [1.82, 2.24) is 0 Å². The van der Waals surface area contributed by atoms with Gasteiger partial charge in [-0.15, -0.1) is 0 Å². The predicted molar refractivity (Wildman–Crippen MR) is 99.5 cm³/mol. The van der Waals surface area contributed by atoms with Crippen molar-refractivity contribution in [3.05, 3.63) is 54.1 Å². The lowest BCUT2D eigenvalue weighted by Crippen LogP contribution is -2.08. The summed E-state index contributed by atoms with van der Waals surface area (Å²) >= 11 is 0. The molecule has 0 aliphatic heterocycles. The molecule has 0 fully saturated rings. The van der Waals surface area contributed by atoms with Gasteiger partial charge in [-0.05, 0) is 61.9 Å². The fourth-order valence-electron chi connectivity index (χ4n) is 2.21. The monoisotopic (exact) mass is 377 g/mol. The summed E-state index contributed by atoms with van der Waals surface area (Å²) in [7, 11) is 1.55. The van der Waals surface area contributed by atoms with Crippen LogP contribution in [0.5, 0.6) is 17.2 Å². The summed E-state index contributed by atoms with van der Waals surface area (Å²) in [5, 5.41) is 2.63. The minimum Gasteiger partial charge on any atom is -0.493 e. The number of ether oxygens (including phenoxy) is 3. The summed E-state index contributed by atoms with van der Waals surface area (Å²) in [6, 6.07) is 11.0. The number of carbonyl (C=O) groups is 1. The van der Waals surface area contributed by atoms with E-state index in [1.165, 1.54) is 30.3 Å². The molecule has 7 heteroatoms. The van der Waals surface area contributed by atoms with Gasteiger partial charge in [0.1, 0.15) is 5.75 Å². The number of hydrogen-bond acceptors (Lipinski definition) is 4. The standard InChI is InChI=1S/C20H21F2NO4/c1-13(2)26-17-10-4-14(12-18(17)25-3)5-11-19(24)23-15-6-8-16(9-7-15)27-20(21)22/h4-13,20H,1-3H3,(H,23,24)/b11-5+. The van der Waals surface area contributed by atoms with Crippen molar-refractivity contribution >= 4 is 17.7 Å². The Balaban J connectivity index is 1.99. The van der Waals surface area contributed by atoms with Crippen LogP contribution in [0.3, 0.4) is 0 Å². The van der Waals surface area contributed by atoms with E-state index in [-0.39, 0.29) is 17.8 Å². The third-order valence-corrected chi connectivity index (χ3v) is 3.32. The third kappa shape index (κ3) is 6.62. The Labute approximate surface area is 156 Å². The molecule has 2 aromatic rings. The number of benzene rings is 2. The predicted octanol–water partition coefficient (Wildman–Crippen LogP) is 4.74. The highest BCUT2D eigenvalue weighted by molar-refractivity contribution is 6.01. The van der Waals surface area contributed by atoms with Gasteiger partial charge in [-0.3, -0.25) is 4.79 Å². The van der Waals surface area contributed by atoms with E-state index in [4.69, 9.17) is 9.47 Å². The van der Waals surface area contributed by atoms with Gasteiger partial charge in [0.2, 0.25) is 5.91 Å². The molecule has 2 rings (SSSR count). The molecule has 0 spiro atoms. The van der Waals surface area contributed by atoms with Crippen molar-refractivity contribution in [3.8, 4) is 17.2 Å². The van der Waals surface area contributed by atoms with E-state index in [1.54, 1.807) is 31.4 Å². The molecule has 27 heavy (non-hydrogen) atoms. The van der Waals surface area contributed by atoms with Crippen molar-refractivity contribution in [3.63, 3.8) is 0 Å². The van der Waals surface area contributed by atoms with Crippen LogP contribution in [0, 0.1) is 0 Å². The molecule has 0 saturated heterocycles. The fourth-order valence-corrected chi connectivity index (χ4v) is 2.21. The molecule has 0 aliphatic rings. The van der Waals surface area contributed by atoms with E-state index in [2.05, 4.69) is 10.1 Å². The molecular formula is C20H21F2NO4. The molecule has 0 aliphatic carbocycles. The zero-order valence-electron chi connectivity index (χ0n) is 15.2. The number of methoxy groups -OCH3 is 1. The van der Waals surface area contributed by atoms with Crippen LogP contribution in [0.25, 0.3) is 6.08 Å². The molecule has 1 amide bonds. The first-order valence-corrected chi connectivity index (χ1v) is 8.26. The topological polar surface area (TPSA) is 56.8 Å². The average Bonchev–Trinajstić information content (AvgIpc) is 2.61. The summed E-state index contributed by atoms with van der Waals surface area (Å²) < 4.78 is 39.4. The van der Waals surface area contributed by atoms with Crippen LogP contribution in [0.2, 0.25) is 0 Å². The van der Waals surface area contributed by atoms with Crippen molar-refractivity contribution in [2.24, 2.45) is 0 Å². The molecule has 0 atom stereocenters. The highest BCUT2D eigenvalue weighted by atomic mass is 19.3. The van der Waals surface area contributed by atoms with Crippen LogP contribution < -0.4 is 19.5 Å². The molecular weight excluding hydrogens is 356 g/mol. The first-order valence-electron chi connectivity index (χ1n) is 8.26. The molecule has 5 nitrogen and oxygen atoms in total. The largest absolute Gasteiger partial charge is 0.493 e. The highest BCUT2D eigenvalue weighted by Gasteiger charge is 2.07. The average molecular weight is 377 g/mol. The summed E-state index contributed by atoms with van der Waals surface area (Å²) in [5.41, 5.74) is 1.23. The second-order valence-corrected chi connectivity index (χ2v) is 5.80. The van der Waals surface area contributed by atoms with Crippen molar-refractivity contribution < 1.29 is 27.8 Å². The minimum absolute atomic E-state index is 0.0172. The van der Waals surface area contributed by atoms with Crippen molar-refractivity contribution in [1.29, 1.82) is 0 Å². The van der Waals surface area contributed by atoms with Gasteiger partial charge in [-0.1, -0.05) is 6.07 Å². The first kappa shape index (κ1) is 20.2. The van der Waals surface area contributed by atoms with E-state index in [0.29, 0.717) is 17.2 Å². The molecule has 0 aromatic heterocycles. The lowest BCUT2D eigenvalue weighted by Gasteiger charge is -2.13. The number of nitrogens with one attached hydrogen (secondary N) is 1. The summed E-state index contributed by atoms with van der Waals surface area (Å²) in [6.45, 7) is 0.954. The fraction of sp³-hybridized carbons (Fsp3) is 0.250. The van der Waals surface area contributed by atoms with E-state index >= 15 is 0 Å². The number of hydrogen-bond donors (Lipinski definition) is 1. The van der Waals surface area contributed by atoms with Gasteiger partial charge in [0.05, 0.1) is 13.2 Å². The molecule has 0 heterocycles. The van der Waals surface area contributed by atoms with Crippen LogP contribution >= 0.6 is 0 Å². The maximum atomic E-state index is 12.1. The second-order valence-electron chi connectivity index (χ2n) is 5.80. The van der Waals surface area contributed by atoms with Gasteiger partial charge >= 0.3 is 6.61 Å². The van der Waals surface area contributed by atoms with Gasteiger partial charge < -0.3 is 19.5 Å². The van der Waals surface area contributed by atoms with Gasteiger partial charge in [0, 0.05) is 11.8 Å². The van der Waals surface area contributed by atoms with Gasteiger partial charge in [0.25, 0.3) is 0 Å². The molecule has 1 N–H and O–H groups in total. The Morgan fingerprint density at radius 3 is 2.33 bits per heavy atom. The Bertz CT molecular complexity index is 789. The van der Waals surface area contributed by atoms with E-state index < -0.39 is 6.61 Å². The number of alkyl halides is 2. The van der Waals surface area contributed by atoms with E-state index in [9.17, 15) is 13.6 Å². The lowest BCUT2D eigenvalue weighted by atomic mass is 10.2. The normalized spacial score (nSPS) is 11.1. The maximum Gasteiger partial charge on any atom is 0.387 e. The van der Waals surface area contributed by atoms with Crippen molar-refractivity contribution in [2.75, 3.05) is 12.4 Å². The first-order chi connectivity index (χ1) is 12.9. The number of rotatable bonds is 8. The number of halogens is 2. The van der Waals surface area contributed by atoms with Gasteiger partial charge in [-0.25, -0.2) is 0 Å². The van der Waals surface area contributed by atoms with Crippen LogP contribution in [-0.2, 0) is 4.79 Å². The van der Waals surface area contributed by atoms with Crippen LogP contribution in [0.4, 0.5) is 14.5 Å². The van der Waals surface area contributed by atoms with Crippen LogP contribution in [0.15, 0.2) is 48.5 Å². The molecule has 0 saturated carbocycles. The third-order valence-electron chi connectivity index (χ3n) is 3.32. The van der Waals surface area contributed by atoms with Gasteiger partial charge in [-0.2, -0.15) is 8.78 Å². The van der Waals surface area contributed by atoms with Crippen molar-refractivity contribution in [2.45, 2.75) is 26.6 Å². The zero-order valence-corrected chi connectivity index (χ0v) is 15.2. The van der Waals surface area contributed by atoms with E-state index in [0.717, 1.165) is 5.56 Å². The van der Waals surface area contributed by atoms with Crippen LogP contribution in [0.1, 0.15) is 19.4 Å². The Kier molecular flexibility index (Phi) is 7.16. The van der Waals surface area contributed by atoms with Gasteiger partial charge in [0.15, 0.2) is 11.5 Å². The number of amides is 1. The summed E-state index contributed by atoms with van der Waals surface area (Å²) in [5.74, 6) is 0.856. The lowest BCUT2D eigenvalue weighted by molar-refractivity contribution is -0.111. The maximum absolute atomic E-state index is 12.1. The Hall–Kier alpha value is -3.09. The highest BCUT2D eigenvalue weighted by Crippen LogP contribution is 2.29. The number of anilines is 1. The second kappa shape index (κ2) is 9.56. The molecule has 0 radical (unpaired) electrons. The Morgan fingerprint density at radius 2 is 1.74 bits per heavy atom.